The first-order valence-corrected chi connectivity index (χ1v) is 11.2. The van der Waals surface area contributed by atoms with E-state index in [1.165, 1.54) is 11.3 Å². The van der Waals surface area contributed by atoms with Crippen LogP contribution in [0.5, 0.6) is 0 Å². The first kappa shape index (κ1) is 21.6. The Morgan fingerprint density at radius 3 is 2.22 bits per heavy atom. The molecule has 1 aliphatic heterocycles. The van der Waals surface area contributed by atoms with Crippen LogP contribution in [0.4, 0.5) is 17.2 Å². The zero-order valence-corrected chi connectivity index (χ0v) is 18.7. The number of hydrogen-bond acceptors (Lipinski definition) is 4. The fraction of sp³-hybridized carbons (Fsp3) is 0.259. The van der Waals surface area contributed by atoms with Crippen molar-refractivity contribution in [3.63, 3.8) is 0 Å². The van der Waals surface area contributed by atoms with Crippen LogP contribution in [0.25, 0.3) is 6.08 Å². The SMILES string of the molecule is CC(C)c1ccc(/C=C/C(=O)Nc2ccc(N3CCN(c4ccccc4)CC3)nc2)cc1. The monoisotopic (exact) mass is 426 g/mol. The summed E-state index contributed by atoms with van der Waals surface area (Å²) in [5.41, 5.74) is 4.26. The highest BCUT2D eigenvalue weighted by molar-refractivity contribution is 6.01. The van der Waals surface area contributed by atoms with Crippen LogP contribution in [0.3, 0.4) is 0 Å². The molecule has 5 heteroatoms. The standard InChI is InChI=1S/C27H30N4O/c1-21(2)23-11-8-22(9-12-23)10-15-27(32)29-24-13-14-26(28-20-24)31-18-16-30(17-19-31)25-6-4-3-5-7-25/h3-15,20-21H,16-19H2,1-2H3,(H,29,32)/b15-10+. The zero-order chi connectivity index (χ0) is 22.3. The van der Waals surface area contributed by atoms with Crippen LogP contribution in [-0.4, -0.2) is 37.1 Å². The Morgan fingerprint density at radius 2 is 1.59 bits per heavy atom. The summed E-state index contributed by atoms with van der Waals surface area (Å²) in [6.07, 6.45) is 5.11. The van der Waals surface area contributed by atoms with Crippen molar-refractivity contribution in [2.24, 2.45) is 0 Å². The molecular formula is C27H30N4O. The molecule has 1 N–H and O–H groups in total. The van der Waals surface area contributed by atoms with Crippen LogP contribution < -0.4 is 15.1 Å². The van der Waals surface area contributed by atoms with Crippen molar-refractivity contribution in [2.45, 2.75) is 19.8 Å². The molecule has 0 unspecified atom stereocenters. The lowest BCUT2D eigenvalue weighted by molar-refractivity contribution is -0.111. The molecule has 1 fully saturated rings. The van der Waals surface area contributed by atoms with E-state index in [1.54, 1.807) is 12.3 Å². The predicted molar refractivity (Wildman–Crippen MR) is 133 cm³/mol. The Kier molecular flexibility index (Phi) is 6.85. The van der Waals surface area contributed by atoms with E-state index in [9.17, 15) is 4.79 Å². The largest absolute Gasteiger partial charge is 0.368 e. The van der Waals surface area contributed by atoms with Gasteiger partial charge in [-0.25, -0.2) is 4.98 Å². The van der Waals surface area contributed by atoms with Gasteiger partial charge in [0, 0.05) is 37.9 Å². The molecule has 2 heterocycles. The van der Waals surface area contributed by atoms with Gasteiger partial charge in [0.1, 0.15) is 5.82 Å². The molecule has 0 spiro atoms. The van der Waals surface area contributed by atoms with E-state index >= 15 is 0 Å². The van der Waals surface area contributed by atoms with Crippen molar-refractivity contribution >= 4 is 29.2 Å². The minimum absolute atomic E-state index is 0.163. The van der Waals surface area contributed by atoms with E-state index in [-0.39, 0.29) is 5.91 Å². The number of anilines is 3. The minimum Gasteiger partial charge on any atom is -0.368 e. The van der Waals surface area contributed by atoms with Gasteiger partial charge in [-0.1, -0.05) is 56.3 Å². The van der Waals surface area contributed by atoms with Crippen molar-refractivity contribution in [1.82, 2.24) is 4.98 Å². The number of benzene rings is 2. The number of carbonyl (C=O) groups excluding carboxylic acids is 1. The topological polar surface area (TPSA) is 48.5 Å². The van der Waals surface area contributed by atoms with Gasteiger partial charge >= 0.3 is 0 Å². The fourth-order valence-electron chi connectivity index (χ4n) is 3.83. The fourth-order valence-corrected chi connectivity index (χ4v) is 3.83. The summed E-state index contributed by atoms with van der Waals surface area (Å²) in [4.78, 5) is 21.5. The summed E-state index contributed by atoms with van der Waals surface area (Å²) in [7, 11) is 0. The zero-order valence-electron chi connectivity index (χ0n) is 18.7. The average Bonchev–Trinajstić information content (AvgIpc) is 2.84. The third-order valence-corrected chi connectivity index (χ3v) is 5.77. The molecule has 1 aliphatic rings. The van der Waals surface area contributed by atoms with Gasteiger partial charge in [0.2, 0.25) is 5.91 Å². The van der Waals surface area contributed by atoms with Gasteiger partial charge in [-0.3, -0.25) is 4.79 Å². The lowest BCUT2D eigenvalue weighted by atomic mass is 10.0. The number of amides is 1. The van der Waals surface area contributed by atoms with Crippen LogP contribution in [0.15, 0.2) is 79.0 Å². The Labute approximate surface area is 190 Å². The highest BCUT2D eigenvalue weighted by Gasteiger charge is 2.18. The molecule has 4 rings (SSSR count). The number of aromatic nitrogens is 1. The summed E-state index contributed by atoms with van der Waals surface area (Å²) in [6.45, 7) is 8.11. The minimum atomic E-state index is -0.163. The Hall–Kier alpha value is -3.60. The number of piperazine rings is 1. The van der Waals surface area contributed by atoms with Crippen molar-refractivity contribution in [3.05, 3.63) is 90.1 Å². The molecule has 0 atom stereocenters. The number of nitrogens with one attached hydrogen (secondary N) is 1. The second kappa shape index (κ2) is 10.1. The van der Waals surface area contributed by atoms with Crippen LogP contribution in [0.1, 0.15) is 30.9 Å². The molecule has 0 saturated carbocycles. The molecule has 1 amide bonds. The Bertz CT molecular complexity index is 1040. The molecule has 1 saturated heterocycles. The second-order valence-electron chi connectivity index (χ2n) is 8.36. The molecule has 0 radical (unpaired) electrons. The number of hydrogen-bond donors (Lipinski definition) is 1. The molecule has 0 aliphatic carbocycles. The molecule has 1 aromatic heterocycles. The van der Waals surface area contributed by atoms with E-state index in [2.05, 4.69) is 70.3 Å². The summed E-state index contributed by atoms with van der Waals surface area (Å²) < 4.78 is 0. The smallest absolute Gasteiger partial charge is 0.248 e. The molecular weight excluding hydrogens is 396 g/mol. The maximum Gasteiger partial charge on any atom is 0.248 e. The lowest BCUT2D eigenvalue weighted by Gasteiger charge is -2.36. The van der Waals surface area contributed by atoms with E-state index in [4.69, 9.17) is 0 Å². The van der Waals surface area contributed by atoms with E-state index in [0.29, 0.717) is 11.6 Å². The third-order valence-electron chi connectivity index (χ3n) is 5.77. The Morgan fingerprint density at radius 1 is 0.906 bits per heavy atom. The molecule has 5 nitrogen and oxygen atoms in total. The summed E-state index contributed by atoms with van der Waals surface area (Å²) in [6, 6.07) is 22.7. The van der Waals surface area contributed by atoms with Gasteiger partial charge in [-0.2, -0.15) is 0 Å². The average molecular weight is 427 g/mol. The number of rotatable bonds is 6. The summed E-state index contributed by atoms with van der Waals surface area (Å²) in [5, 5.41) is 2.89. The van der Waals surface area contributed by atoms with Gasteiger partial charge in [-0.05, 0) is 47.4 Å². The highest BCUT2D eigenvalue weighted by atomic mass is 16.1. The predicted octanol–water partition coefficient (Wildman–Crippen LogP) is 5.18. The van der Waals surface area contributed by atoms with E-state index in [0.717, 1.165) is 37.6 Å². The number of para-hydroxylation sites is 1. The van der Waals surface area contributed by atoms with E-state index < -0.39 is 0 Å². The second-order valence-corrected chi connectivity index (χ2v) is 8.36. The van der Waals surface area contributed by atoms with Gasteiger partial charge in [0.05, 0.1) is 11.9 Å². The van der Waals surface area contributed by atoms with Crippen molar-refractivity contribution in [2.75, 3.05) is 41.3 Å². The van der Waals surface area contributed by atoms with Crippen LogP contribution >= 0.6 is 0 Å². The number of nitrogens with zero attached hydrogens (tertiary/aromatic N) is 3. The molecule has 0 bridgehead atoms. The summed E-state index contributed by atoms with van der Waals surface area (Å²) in [5.74, 6) is 1.28. The third kappa shape index (κ3) is 5.55. The van der Waals surface area contributed by atoms with E-state index in [1.807, 2.05) is 36.4 Å². The lowest BCUT2D eigenvalue weighted by Crippen LogP contribution is -2.46. The summed E-state index contributed by atoms with van der Waals surface area (Å²) >= 11 is 0. The molecule has 32 heavy (non-hydrogen) atoms. The normalized spacial score (nSPS) is 14.2. The van der Waals surface area contributed by atoms with Crippen LogP contribution in [0.2, 0.25) is 0 Å². The van der Waals surface area contributed by atoms with Crippen molar-refractivity contribution < 1.29 is 4.79 Å². The number of carbonyl (C=O) groups is 1. The first-order valence-electron chi connectivity index (χ1n) is 11.2. The quantitative estimate of drug-likeness (QED) is 0.552. The van der Waals surface area contributed by atoms with Crippen molar-refractivity contribution in [3.8, 4) is 0 Å². The maximum atomic E-state index is 12.3. The Balaban J connectivity index is 1.28. The maximum absolute atomic E-state index is 12.3. The van der Waals surface area contributed by atoms with Gasteiger partial charge in [0.15, 0.2) is 0 Å². The highest BCUT2D eigenvalue weighted by Crippen LogP contribution is 2.20. The molecule has 2 aromatic carbocycles. The molecule has 3 aromatic rings. The van der Waals surface area contributed by atoms with Gasteiger partial charge < -0.3 is 15.1 Å². The van der Waals surface area contributed by atoms with Gasteiger partial charge in [-0.15, -0.1) is 0 Å². The first-order chi connectivity index (χ1) is 15.6. The van der Waals surface area contributed by atoms with Crippen LogP contribution in [0, 0.1) is 0 Å². The van der Waals surface area contributed by atoms with Crippen LogP contribution in [-0.2, 0) is 4.79 Å². The van der Waals surface area contributed by atoms with Crippen molar-refractivity contribution in [1.29, 1.82) is 0 Å². The molecule has 164 valence electrons. The van der Waals surface area contributed by atoms with Gasteiger partial charge in [0.25, 0.3) is 0 Å². The number of pyridine rings is 1.